The molecule has 0 spiro atoms. The monoisotopic (exact) mass is 302 g/mol. The van der Waals surface area contributed by atoms with Gasteiger partial charge in [-0.25, -0.2) is 12.7 Å². The molecule has 0 aliphatic carbocycles. The van der Waals surface area contributed by atoms with E-state index < -0.39 is 10.0 Å². The second kappa shape index (κ2) is 7.24. The fourth-order valence-corrected chi connectivity index (χ4v) is 3.77. The van der Waals surface area contributed by atoms with Crippen molar-refractivity contribution in [1.82, 2.24) is 9.62 Å². The smallest absolute Gasteiger partial charge is 0.246 e. The number of hydrogen-bond acceptors (Lipinski definition) is 4. The molecule has 0 atom stereocenters. The van der Waals surface area contributed by atoms with Crippen molar-refractivity contribution in [2.24, 2.45) is 0 Å². The lowest BCUT2D eigenvalue weighted by Crippen LogP contribution is -2.29. The van der Waals surface area contributed by atoms with Gasteiger partial charge in [0.25, 0.3) is 0 Å². The van der Waals surface area contributed by atoms with Gasteiger partial charge in [-0.05, 0) is 26.8 Å². The molecule has 6 heteroatoms. The van der Waals surface area contributed by atoms with Gasteiger partial charge in [-0.2, -0.15) is 0 Å². The Labute approximate surface area is 122 Å². The minimum absolute atomic E-state index is 0.328. The van der Waals surface area contributed by atoms with Crippen molar-refractivity contribution in [1.29, 1.82) is 0 Å². The predicted molar refractivity (Wildman–Crippen MR) is 80.3 cm³/mol. The van der Waals surface area contributed by atoms with E-state index in [4.69, 9.17) is 4.42 Å². The molecular weight excluding hydrogens is 276 g/mol. The number of rotatable bonds is 8. The molecule has 0 saturated carbocycles. The molecule has 20 heavy (non-hydrogen) atoms. The first-order valence-electron chi connectivity index (χ1n) is 7.12. The maximum Gasteiger partial charge on any atom is 0.246 e. The summed E-state index contributed by atoms with van der Waals surface area (Å²) in [6.07, 6.45) is 1.82. The van der Waals surface area contributed by atoms with Gasteiger partial charge >= 0.3 is 0 Å². The average molecular weight is 302 g/mol. The first-order valence-corrected chi connectivity index (χ1v) is 8.56. The molecule has 0 fully saturated rings. The number of nitrogens with one attached hydrogen (secondary N) is 1. The molecule has 0 amide bonds. The van der Waals surface area contributed by atoms with Crippen LogP contribution in [0.15, 0.2) is 9.31 Å². The summed E-state index contributed by atoms with van der Waals surface area (Å²) in [5.41, 5.74) is 0.743. The fraction of sp³-hybridized carbons (Fsp3) is 0.714. The number of aryl methyl sites for hydroxylation is 2. The van der Waals surface area contributed by atoms with E-state index in [1.54, 1.807) is 14.0 Å². The highest BCUT2D eigenvalue weighted by molar-refractivity contribution is 7.89. The molecule has 1 rings (SSSR count). The summed E-state index contributed by atoms with van der Waals surface area (Å²) in [4.78, 5) is 0.328. The van der Waals surface area contributed by atoms with E-state index in [1.807, 2.05) is 20.8 Å². The molecule has 1 aromatic heterocycles. The first-order chi connectivity index (χ1) is 9.36. The number of nitrogens with zero attached hydrogens (tertiary/aromatic N) is 1. The number of furan rings is 1. The molecule has 0 bridgehead atoms. The van der Waals surface area contributed by atoms with E-state index in [0.29, 0.717) is 29.5 Å². The second-order valence-corrected chi connectivity index (χ2v) is 6.96. The Morgan fingerprint density at radius 3 is 2.40 bits per heavy atom. The van der Waals surface area contributed by atoms with Crippen molar-refractivity contribution in [3.05, 3.63) is 17.1 Å². The van der Waals surface area contributed by atoms with Gasteiger partial charge in [-0.1, -0.05) is 20.3 Å². The Kier molecular flexibility index (Phi) is 6.23. The van der Waals surface area contributed by atoms with E-state index in [2.05, 4.69) is 5.32 Å². The van der Waals surface area contributed by atoms with Crippen molar-refractivity contribution >= 4 is 10.0 Å². The summed E-state index contributed by atoms with van der Waals surface area (Å²) in [7, 11) is -1.85. The fourth-order valence-electron chi connectivity index (χ4n) is 2.16. The van der Waals surface area contributed by atoms with Gasteiger partial charge in [-0.3, -0.25) is 0 Å². The number of unbranched alkanes of at least 4 members (excludes halogenated alkanes) is 1. The van der Waals surface area contributed by atoms with Crippen molar-refractivity contribution in [3.8, 4) is 0 Å². The van der Waals surface area contributed by atoms with E-state index in [1.165, 1.54) is 4.31 Å². The Bertz CT molecular complexity index is 535. The number of sulfonamides is 1. The van der Waals surface area contributed by atoms with Crippen molar-refractivity contribution in [2.45, 2.75) is 52.0 Å². The van der Waals surface area contributed by atoms with Crippen molar-refractivity contribution in [3.63, 3.8) is 0 Å². The van der Waals surface area contributed by atoms with Gasteiger partial charge in [0, 0.05) is 25.7 Å². The molecule has 116 valence electrons. The summed E-state index contributed by atoms with van der Waals surface area (Å²) in [6.45, 7) is 9.38. The molecule has 1 N–H and O–H groups in total. The zero-order valence-electron chi connectivity index (χ0n) is 13.1. The standard InChI is InChI=1S/C14H26N2O3S/c1-6-8-9-16(5)20(17,18)14-12(4)19-11(3)13(14)10-15-7-2/h15H,6-10H2,1-5H3. The quantitative estimate of drug-likeness (QED) is 0.801. The lowest BCUT2D eigenvalue weighted by molar-refractivity contribution is 0.453. The molecule has 1 aromatic rings. The van der Waals surface area contributed by atoms with Gasteiger partial charge < -0.3 is 9.73 Å². The van der Waals surface area contributed by atoms with Gasteiger partial charge in [-0.15, -0.1) is 0 Å². The molecule has 0 aliphatic heterocycles. The Hall–Kier alpha value is -0.850. The molecule has 0 aromatic carbocycles. The summed E-state index contributed by atoms with van der Waals surface area (Å²) >= 11 is 0. The van der Waals surface area contributed by atoms with Crippen LogP contribution in [0.5, 0.6) is 0 Å². The predicted octanol–water partition coefficient (Wildman–Crippen LogP) is 2.43. The second-order valence-electron chi connectivity index (χ2n) is 4.98. The van der Waals surface area contributed by atoms with E-state index in [-0.39, 0.29) is 0 Å². The average Bonchev–Trinajstić information content (AvgIpc) is 2.68. The van der Waals surface area contributed by atoms with Gasteiger partial charge in [0.15, 0.2) is 0 Å². The van der Waals surface area contributed by atoms with Crippen LogP contribution in [0.4, 0.5) is 0 Å². The lowest BCUT2D eigenvalue weighted by Gasteiger charge is -2.17. The Morgan fingerprint density at radius 1 is 1.20 bits per heavy atom. The molecule has 0 radical (unpaired) electrons. The van der Waals surface area contributed by atoms with Crippen LogP contribution in [0, 0.1) is 13.8 Å². The third kappa shape index (κ3) is 3.62. The van der Waals surface area contributed by atoms with Crippen LogP contribution in [-0.4, -0.2) is 32.9 Å². The maximum atomic E-state index is 12.7. The van der Waals surface area contributed by atoms with Crippen LogP contribution in [0.1, 0.15) is 43.8 Å². The van der Waals surface area contributed by atoms with Crippen LogP contribution in [0.2, 0.25) is 0 Å². The highest BCUT2D eigenvalue weighted by atomic mass is 32.2. The van der Waals surface area contributed by atoms with Crippen LogP contribution >= 0.6 is 0 Å². The van der Waals surface area contributed by atoms with E-state index >= 15 is 0 Å². The van der Waals surface area contributed by atoms with Crippen LogP contribution in [0.3, 0.4) is 0 Å². The lowest BCUT2D eigenvalue weighted by atomic mass is 10.2. The molecule has 0 saturated heterocycles. The third-order valence-corrected chi connectivity index (χ3v) is 5.42. The molecular formula is C14H26N2O3S. The molecule has 0 aliphatic rings. The van der Waals surface area contributed by atoms with E-state index in [0.717, 1.165) is 24.9 Å². The summed E-state index contributed by atoms with van der Waals surface area (Å²) in [5.74, 6) is 1.14. The summed E-state index contributed by atoms with van der Waals surface area (Å²) in [6, 6.07) is 0. The topological polar surface area (TPSA) is 62.6 Å². The first kappa shape index (κ1) is 17.2. The molecule has 5 nitrogen and oxygen atoms in total. The minimum Gasteiger partial charge on any atom is -0.465 e. The highest BCUT2D eigenvalue weighted by Crippen LogP contribution is 2.28. The van der Waals surface area contributed by atoms with Crippen LogP contribution in [-0.2, 0) is 16.6 Å². The van der Waals surface area contributed by atoms with Gasteiger partial charge in [0.1, 0.15) is 16.4 Å². The maximum absolute atomic E-state index is 12.7. The summed E-state index contributed by atoms with van der Waals surface area (Å²) < 4.78 is 32.3. The summed E-state index contributed by atoms with van der Waals surface area (Å²) in [5, 5.41) is 3.17. The van der Waals surface area contributed by atoms with Gasteiger partial charge in [0.2, 0.25) is 10.0 Å². The van der Waals surface area contributed by atoms with Crippen LogP contribution in [0.25, 0.3) is 0 Å². The Morgan fingerprint density at radius 2 is 1.85 bits per heavy atom. The zero-order chi connectivity index (χ0) is 15.3. The number of hydrogen-bond donors (Lipinski definition) is 1. The Balaban J connectivity index is 3.16. The minimum atomic E-state index is -3.48. The highest BCUT2D eigenvalue weighted by Gasteiger charge is 2.29. The van der Waals surface area contributed by atoms with E-state index in [9.17, 15) is 8.42 Å². The molecule has 1 heterocycles. The molecule has 0 unspecified atom stereocenters. The van der Waals surface area contributed by atoms with Crippen LogP contribution < -0.4 is 5.32 Å². The van der Waals surface area contributed by atoms with Gasteiger partial charge in [0.05, 0.1) is 0 Å². The largest absolute Gasteiger partial charge is 0.465 e. The van der Waals surface area contributed by atoms with Crippen molar-refractivity contribution < 1.29 is 12.8 Å². The normalized spacial score (nSPS) is 12.3. The SMILES string of the molecule is CCCCN(C)S(=O)(=O)c1c(C)oc(C)c1CNCC. The third-order valence-electron chi connectivity index (χ3n) is 3.37. The van der Waals surface area contributed by atoms with Crippen molar-refractivity contribution in [2.75, 3.05) is 20.1 Å². The zero-order valence-corrected chi connectivity index (χ0v) is 13.9.